The molecule has 0 aliphatic carbocycles. The van der Waals surface area contributed by atoms with Crippen molar-refractivity contribution in [1.29, 1.82) is 0 Å². The van der Waals surface area contributed by atoms with Crippen molar-refractivity contribution in [1.82, 2.24) is 19.9 Å². The van der Waals surface area contributed by atoms with Gasteiger partial charge in [0.15, 0.2) is 0 Å². The van der Waals surface area contributed by atoms with Crippen molar-refractivity contribution < 1.29 is 9.90 Å². The van der Waals surface area contributed by atoms with Crippen LogP contribution < -0.4 is 16.8 Å². The van der Waals surface area contributed by atoms with Gasteiger partial charge in [-0.15, -0.1) is 0 Å². The lowest BCUT2D eigenvalue weighted by atomic mass is 9.97. The molecular weight excluding hydrogens is 408 g/mol. The van der Waals surface area contributed by atoms with Crippen LogP contribution in [0.15, 0.2) is 54.0 Å². The lowest BCUT2D eigenvalue weighted by Crippen LogP contribution is -2.35. The molecule has 3 aromatic rings. The molecule has 0 spiro atoms. The molecule has 6 N–H and O–H groups in total. The molecule has 1 atom stereocenters. The minimum absolute atomic E-state index is 0.0752. The summed E-state index contributed by atoms with van der Waals surface area (Å²) in [6, 6.07) is 7.65. The maximum atomic E-state index is 12.5. The number of nitrogens with one attached hydrogen (secondary N) is 1. The SMILES string of the molecule is CC(C(N)=NC(=O)c1cnc(NC(C)(C)CO)cn1)c1ccc(-c2cnc(N)nc2)cc1. The normalized spacial score (nSPS) is 12.9. The number of nitrogens with zero attached hydrogens (tertiary/aromatic N) is 5. The zero-order valence-electron chi connectivity index (χ0n) is 18.1. The molecule has 3 rings (SSSR count). The van der Waals surface area contributed by atoms with E-state index in [1.807, 2.05) is 45.0 Å². The van der Waals surface area contributed by atoms with E-state index in [2.05, 4.69) is 30.2 Å². The van der Waals surface area contributed by atoms with Gasteiger partial charge in [-0.1, -0.05) is 31.2 Å². The number of carbonyl (C=O) groups is 1. The summed E-state index contributed by atoms with van der Waals surface area (Å²) in [4.78, 5) is 32.7. The van der Waals surface area contributed by atoms with Crippen LogP contribution in [0, 0.1) is 0 Å². The summed E-state index contributed by atoms with van der Waals surface area (Å²) in [5.74, 6) is -0.0286. The van der Waals surface area contributed by atoms with Gasteiger partial charge in [0.2, 0.25) is 5.95 Å². The highest BCUT2D eigenvalue weighted by atomic mass is 16.3. The van der Waals surface area contributed by atoms with E-state index in [0.717, 1.165) is 16.7 Å². The Balaban J connectivity index is 1.69. The zero-order valence-corrected chi connectivity index (χ0v) is 18.1. The standard InChI is InChI=1S/C22H26N8O2/c1-13(14-4-6-15(7-5-14)16-8-27-21(24)28-9-16)19(23)29-20(32)17-10-26-18(11-25-17)30-22(2,3)12-31/h4-11,13,31H,12H2,1-3H3,(H,26,30)(H2,23,29,32)(H2,24,27,28). The van der Waals surface area contributed by atoms with Gasteiger partial charge in [-0.2, -0.15) is 4.99 Å². The highest BCUT2D eigenvalue weighted by Crippen LogP contribution is 2.22. The van der Waals surface area contributed by atoms with Crippen molar-refractivity contribution in [3.63, 3.8) is 0 Å². The Morgan fingerprint density at radius 2 is 1.72 bits per heavy atom. The predicted octanol–water partition coefficient (Wildman–Crippen LogP) is 2.00. The van der Waals surface area contributed by atoms with Crippen LogP contribution in [0.2, 0.25) is 0 Å². The van der Waals surface area contributed by atoms with Gasteiger partial charge in [-0.3, -0.25) is 4.79 Å². The molecule has 166 valence electrons. The van der Waals surface area contributed by atoms with Crippen LogP contribution in [-0.4, -0.2) is 48.9 Å². The van der Waals surface area contributed by atoms with E-state index >= 15 is 0 Å². The van der Waals surface area contributed by atoms with Crippen LogP contribution in [0.1, 0.15) is 42.7 Å². The number of amidine groups is 1. The zero-order chi connectivity index (χ0) is 23.3. The molecular formula is C22H26N8O2. The number of benzene rings is 1. The van der Waals surface area contributed by atoms with E-state index in [4.69, 9.17) is 11.5 Å². The Kier molecular flexibility index (Phi) is 6.74. The molecule has 1 unspecified atom stereocenters. The van der Waals surface area contributed by atoms with E-state index in [1.54, 1.807) is 12.4 Å². The minimum atomic E-state index is -0.578. The maximum Gasteiger partial charge on any atom is 0.298 e. The average molecular weight is 435 g/mol. The molecule has 2 heterocycles. The van der Waals surface area contributed by atoms with Crippen LogP contribution in [0.5, 0.6) is 0 Å². The first-order valence-corrected chi connectivity index (χ1v) is 9.96. The molecule has 32 heavy (non-hydrogen) atoms. The highest BCUT2D eigenvalue weighted by Gasteiger charge is 2.18. The fourth-order valence-electron chi connectivity index (χ4n) is 2.78. The summed E-state index contributed by atoms with van der Waals surface area (Å²) in [6.45, 7) is 5.41. The Hall–Kier alpha value is -3.92. The fraction of sp³-hybridized carbons (Fsp3) is 0.273. The van der Waals surface area contributed by atoms with Crippen LogP contribution in [0.3, 0.4) is 0 Å². The number of nitrogens with two attached hydrogens (primary N) is 2. The number of rotatable bonds is 7. The van der Waals surface area contributed by atoms with E-state index in [1.165, 1.54) is 12.4 Å². The van der Waals surface area contributed by atoms with Gasteiger partial charge >= 0.3 is 0 Å². The van der Waals surface area contributed by atoms with Gasteiger partial charge in [-0.05, 0) is 25.0 Å². The Labute approximate surface area is 185 Å². The molecule has 0 bridgehead atoms. The summed E-state index contributed by atoms with van der Waals surface area (Å²) in [5.41, 5.74) is 13.8. The van der Waals surface area contributed by atoms with E-state index in [0.29, 0.717) is 5.82 Å². The lowest BCUT2D eigenvalue weighted by molar-refractivity contribution is 0.0997. The Bertz CT molecular complexity index is 1090. The summed E-state index contributed by atoms with van der Waals surface area (Å²) in [7, 11) is 0. The van der Waals surface area contributed by atoms with Crippen molar-refractivity contribution >= 4 is 23.5 Å². The molecule has 10 nitrogen and oxygen atoms in total. The second kappa shape index (κ2) is 9.48. The number of aliphatic hydroxyl groups is 1. The van der Waals surface area contributed by atoms with Crippen molar-refractivity contribution in [3.05, 3.63) is 60.3 Å². The third-order valence-corrected chi connectivity index (χ3v) is 4.82. The Morgan fingerprint density at radius 1 is 1.06 bits per heavy atom. The van der Waals surface area contributed by atoms with Crippen LogP contribution in [0.4, 0.5) is 11.8 Å². The number of aliphatic imine (C=N–C) groups is 1. The van der Waals surface area contributed by atoms with E-state index in [9.17, 15) is 9.90 Å². The number of amides is 1. The number of aliphatic hydroxyl groups excluding tert-OH is 1. The second-order valence-electron chi connectivity index (χ2n) is 7.97. The van der Waals surface area contributed by atoms with Gasteiger partial charge < -0.3 is 21.9 Å². The molecule has 1 amide bonds. The van der Waals surface area contributed by atoms with Gasteiger partial charge in [0.25, 0.3) is 5.91 Å². The number of anilines is 2. The number of hydrogen-bond donors (Lipinski definition) is 4. The van der Waals surface area contributed by atoms with Gasteiger partial charge in [0.05, 0.1) is 24.5 Å². The van der Waals surface area contributed by atoms with Gasteiger partial charge in [0.1, 0.15) is 17.3 Å². The molecule has 0 saturated heterocycles. The van der Waals surface area contributed by atoms with Crippen molar-refractivity contribution in [2.75, 3.05) is 17.7 Å². The lowest BCUT2D eigenvalue weighted by Gasteiger charge is -2.23. The number of carbonyl (C=O) groups excluding carboxylic acids is 1. The van der Waals surface area contributed by atoms with Crippen LogP contribution in [-0.2, 0) is 0 Å². The molecule has 2 aromatic heterocycles. The number of aromatic nitrogens is 4. The third-order valence-electron chi connectivity index (χ3n) is 4.82. The predicted molar refractivity (Wildman–Crippen MR) is 123 cm³/mol. The first-order chi connectivity index (χ1) is 15.2. The summed E-state index contributed by atoms with van der Waals surface area (Å²) in [5, 5.41) is 12.3. The molecule has 0 radical (unpaired) electrons. The smallest absolute Gasteiger partial charge is 0.298 e. The second-order valence-corrected chi connectivity index (χ2v) is 7.97. The summed E-state index contributed by atoms with van der Waals surface area (Å²) >= 11 is 0. The molecule has 1 aromatic carbocycles. The van der Waals surface area contributed by atoms with Crippen molar-refractivity contribution in [2.45, 2.75) is 32.2 Å². The molecule has 10 heteroatoms. The number of hydrogen-bond acceptors (Lipinski definition) is 8. The summed E-state index contributed by atoms with van der Waals surface area (Å²) < 4.78 is 0. The molecule has 0 fully saturated rings. The van der Waals surface area contributed by atoms with Gasteiger partial charge in [0, 0.05) is 23.9 Å². The maximum absolute atomic E-state index is 12.5. The quantitative estimate of drug-likeness (QED) is 0.321. The first kappa shape index (κ1) is 22.8. The van der Waals surface area contributed by atoms with Crippen LogP contribution in [0.25, 0.3) is 11.1 Å². The van der Waals surface area contributed by atoms with E-state index in [-0.39, 0.29) is 30.0 Å². The monoisotopic (exact) mass is 434 g/mol. The van der Waals surface area contributed by atoms with Crippen molar-refractivity contribution in [2.24, 2.45) is 10.7 Å². The largest absolute Gasteiger partial charge is 0.394 e. The fourth-order valence-corrected chi connectivity index (χ4v) is 2.78. The summed E-state index contributed by atoms with van der Waals surface area (Å²) in [6.07, 6.45) is 6.05. The first-order valence-electron chi connectivity index (χ1n) is 9.96. The van der Waals surface area contributed by atoms with Crippen LogP contribution >= 0.6 is 0 Å². The van der Waals surface area contributed by atoms with Gasteiger partial charge in [-0.25, -0.2) is 19.9 Å². The third kappa shape index (κ3) is 5.61. The van der Waals surface area contributed by atoms with Crippen molar-refractivity contribution in [3.8, 4) is 11.1 Å². The topological polar surface area (TPSA) is 165 Å². The highest BCUT2D eigenvalue weighted by molar-refractivity contribution is 6.03. The van der Waals surface area contributed by atoms with E-state index < -0.39 is 11.4 Å². The average Bonchev–Trinajstić information content (AvgIpc) is 2.79. The molecule has 0 aliphatic rings. The number of nitrogen functional groups attached to an aromatic ring is 1. The minimum Gasteiger partial charge on any atom is -0.394 e. The molecule has 0 saturated carbocycles. The molecule has 0 aliphatic heterocycles. The Morgan fingerprint density at radius 3 is 2.28 bits per heavy atom.